The van der Waals surface area contributed by atoms with Gasteiger partial charge in [-0.1, -0.05) is 54.6 Å². The Bertz CT molecular complexity index is 1050. The summed E-state index contributed by atoms with van der Waals surface area (Å²) in [4.78, 5) is 11.8. The molecule has 0 amide bonds. The molecule has 7 nitrogen and oxygen atoms in total. The quantitative estimate of drug-likeness (QED) is 0.371. The van der Waals surface area contributed by atoms with E-state index >= 15 is 0 Å². The number of carbonyl (C=O) groups is 1. The lowest BCUT2D eigenvalue weighted by molar-refractivity contribution is -0.159. The topological polar surface area (TPSA) is 83.5 Å². The maximum atomic E-state index is 11.8. The highest BCUT2D eigenvalue weighted by atomic mass is 16.6. The Morgan fingerprint density at radius 3 is 1.86 bits per heavy atom. The van der Waals surface area contributed by atoms with Crippen LogP contribution in [0.2, 0.25) is 0 Å². The molecule has 0 saturated carbocycles. The fourth-order valence-electron chi connectivity index (χ4n) is 4.50. The third-order valence-corrected chi connectivity index (χ3v) is 6.19. The molecule has 4 rings (SSSR count). The van der Waals surface area contributed by atoms with Crippen molar-refractivity contribution in [2.24, 2.45) is 0 Å². The van der Waals surface area contributed by atoms with Gasteiger partial charge in [0, 0.05) is 6.92 Å². The number of benzene rings is 3. The first-order valence-electron chi connectivity index (χ1n) is 11.4. The third-order valence-electron chi connectivity index (χ3n) is 6.19. The third kappa shape index (κ3) is 5.03. The number of ether oxygens (including phenoxy) is 5. The van der Waals surface area contributed by atoms with Crippen LogP contribution in [0.3, 0.4) is 0 Å². The Kier molecular flexibility index (Phi) is 7.70. The molecule has 35 heavy (non-hydrogen) atoms. The second-order valence-corrected chi connectivity index (χ2v) is 8.29. The van der Waals surface area contributed by atoms with Crippen molar-refractivity contribution in [3.05, 3.63) is 95.6 Å². The summed E-state index contributed by atoms with van der Waals surface area (Å²) in [5, 5.41) is 10.1. The number of carbonyl (C=O) groups excluding carboxylic acids is 1. The first kappa shape index (κ1) is 24.7. The van der Waals surface area contributed by atoms with E-state index in [2.05, 4.69) is 0 Å². The van der Waals surface area contributed by atoms with Crippen LogP contribution >= 0.6 is 0 Å². The van der Waals surface area contributed by atoms with Gasteiger partial charge in [0.1, 0.15) is 29.3 Å². The molecule has 1 heterocycles. The van der Waals surface area contributed by atoms with Gasteiger partial charge in [0.05, 0.1) is 27.4 Å². The molecule has 0 radical (unpaired) electrons. The highest BCUT2D eigenvalue weighted by Gasteiger charge is 2.48. The van der Waals surface area contributed by atoms with Gasteiger partial charge in [0.25, 0.3) is 0 Å². The molecule has 1 aliphatic rings. The first-order valence-corrected chi connectivity index (χ1v) is 11.4. The summed E-state index contributed by atoms with van der Waals surface area (Å²) in [6.45, 7) is 1.20. The van der Waals surface area contributed by atoms with Crippen LogP contribution in [-0.2, 0) is 24.6 Å². The van der Waals surface area contributed by atoms with E-state index in [0.717, 1.165) is 16.7 Å². The second kappa shape index (κ2) is 10.9. The Morgan fingerprint density at radius 2 is 1.40 bits per heavy atom. The minimum Gasteiger partial charge on any atom is -0.497 e. The van der Waals surface area contributed by atoms with Gasteiger partial charge in [-0.2, -0.15) is 0 Å². The molecule has 7 heteroatoms. The zero-order valence-corrected chi connectivity index (χ0v) is 20.0. The van der Waals surface area contributed by atoms with Crippen molar-refractivity contribution in [3.8, 4) is 11.5 Å². The van der Waals surface area contributed by atoms with Crippen LogP contribution in [0.15, 0.2) is 78.9 Å². The highest BCUT2D eigenvalue weighted by molar-refractivity contribution is 5.66. The van der Waals surface area contributed by atoms with Crippen molar-refractivity contribution in [2.45, 2.75) is 30.8 Å². The summed E-state index contributed by atoms with van der Waals surface area (Å²) in [5.41, 5.74) is 1.41. The predicted octanol–water partition coefficient (Wildman–Crippen LogP) is 3.70. The number of aliphatic hydroxyl groups excluding tert-OH is 1. The van der Waals surface area contributed by atoms with Crippen molar-refractivity contribution < 1.29 is 33.6 Å². The largest absolute Gasteiger partial charge is 0.497 e. The van der Waals surface area contributed by atoms with Crippen molar-refractivity contribution in [1.29, 1.82) is 0 Å². The van der Waals surface area contributed by atoms with Gasteiger partial charge in [-0.15, -0.1) is 0 Å². The Balaban J connectivity index is 1.93. The average molecular weight is 479 g/mol. The molecule has 1 N–H and O–H groups in total. The Hall–Kier alpha value is -3.39. The van der Waals surface area contributed by atoms with Gasteiger partial charge in [-0.05, 0) is 41.0 Å². The zero-order valence-electron chi connectivity index (χ0n) is 20.0. The number of esters is 1. The summed E-state index contributed by atoms with van der Waals surface area (Å²) < 4.78 is 29.1. The average Bonchev–Trinajstić information content (AvgIpc) is 3.28. The molecule has 1 fully saturated rings. The predicted molar refractivity (Wildman–Crippen MR) is 130 cm³/mol. The van der Waals surface area contributed by atoms with Gasteiger partial charge >= 0.3 is 5.97 Å². The van der Waals surface area contributed by atoms with E-state index in [1.165, 1.54) is 6.92 Å². The molecule has 3 aromatic rings. The van der Waals surface area contributed by atoms with Crippen molar-refractivity contribution in [3.63, 3.8) is 0 Å². The summed E-state index contributed by atoms with van der Waals surface area (Å²) in [5.74, 6) is 0.978. The minimum absolute atomic E-state index is 0.131. The van der Waals surface area contributed by atoms with Crippen LogP contribution in [0.5, 0.6) is 11.5 Å². The Labute approximate surface area is 205 Å². The van der Waals surface area contributed by atoms with E-state index in [-0.39, 0.29) is 13.2 Å². The molecule has 0 bridgehead atoms. The van der Waals surface area contributed by atoms with E-state index in [1.807, 2.05) is 78.9 Å². The minimum atomic E-state index is -1.12. The van der Waals surface area contributed by atoms with E-state index in [4.69, 9.17) is 23.7 Å². The molecule has 184 valence electrons. The molecular formula is C28H30O7. The lowest BCUT2D eigenvalue weighted by Crippen LogP contribution is -2.46. The molecule has 0 aromatic heterocycles. The number of methoxy groups -OCH3 is 2. The molecule has 3 atom stereocenters. The monoisotopic (exact) mass is 478 g/mol. The number of hydrogen-bond donors (Lipinski definition) is 1. The molecule has 3 aromatic carbocycles. The lowest BCUT2D eigenvalue weighted by atomic mass is 9.79. The van der Waals surface area contributed by atoms with Crippen molar-refractivity contribution >= 4 is 5.97 Å². The van der Waals surface area contributed by atoms with Crippen molar-refractivity contribution in [2.75, 3.05) is 27.4 Å². The highest BCUT2D eigenvalue weighted by Crippen LogP contribution is 2.44. The fraction of sp³-hybridized carbons (Fsp3) is 0.321. The molecule has 0 aliphatic carbocycles. The zero-order chi connectivity index (χ0) is 24.8. The van der Waals surface area contributed by atoms with E-state index in [1.54, 1.807) is 14.2 Å². The van der Waals surface area contributed by atoms with Gasteiger partial charge in [-0.25, -0.2) is 0 Å². The van der Waals surface area contributed by atoms with Gasteiger partial charge in [0.15, 0.2) is 6.10 Å². The summed E-state index contributed by atoms with van der Waals surface area (Å²) >= 11 is 0. The maximum Gasteiger partial charge on any atom is 0.303 e. The first-order chi connectivity index (χ1) is 17.0. The smallest absolute Gasteiger partial charge is 0.303 e. The normalized spacial score (nSPS) is 19.8. The van der Waals surface area contributed by atoms with Crippen LogP contribution in [0.1, 0.15) is 23.6 Å². The Morgan fingerprint density at radius 1 is 0.886 bits per heavy atom. The SMILES string of the molecule is COc1ccc(C(OC2C(CO)OCC2OC(C)=O)(c2ccccc2)c2ccc(OC)cc2)cc1. The summed E-state index contributed by atoms with van der Waals surface area (Å²) in [6, 6.07) is 25.1. The molecule has 3 unspecified atom stereocenters. The number of hydrogen-bond acceptors (Lipinski definition) is 7. The van der Waals surface area contributed by atoms with E-state index < -0.39 is 29.9 Å². The molecule has 1 aliphatic heterocycles. The lowest BCUT2D eigenvalue weighted by Gasteiger charge is -2.40. The number of aliphatic hydroxyl groups is 1. The summed E-state index contributed by atoms with van der Waals surface area (Å²) in [7, 11) is 3.23. The van der Waals surface area contributed by atoms with Crippen LogP contribution in [0.4, 0.5) is 0 Å². The van der Waals surface area contributed by atoms with Crippen LogP contribution in [0.25, 0.3) is 0 Å². The fourth-order valence-corrected chi connectivity index (χ4v) is 4.50. The van der Waals surface area contributed by atoms with Crippen LogP contribution < -0.4 is 9.47 Å². The summed E-state index contributed by atoms with van der Waals surface area (Å²) in [6.07, 6.45) is -2.07. The second-order valence-electron chi connectivity index (χ2n) is 8.29. The number of rotatable bonds is 9. The molecular weight excluding hydrogens is 448 g/mol. The molecule has 1 saturated heterocycles. The standard InChI is InChI=1S/C28H30O7/c1-19(30)34-26-18-33-25(17-29)27(26)35-28(20-7-5-4-6-8-20,21-9-13-23(31-2)14-10-21)22-11-15-24(32-3)16-12-22/h4-16,25-27,29H,17-18H2,1-3H3. The van der Waals surface area contributed by atoms with Gasteiger partial charge in [-0.3, -0.25) is 4.79 Å². The maximum absolute atomic E-state index is 11.8. The van der Waals surface area contributed by atoms with E-state index in [0.29, 0.717) is 11.5 Å². The van der Waals surface area contributed by atoms with E-state index in [9.17, 15) is 9.90 Å². The van der Waals surface area contributed by atoms with Crippen LogP contribution in [-0.4, -0.2) is 56.8 Å². The van der Waals surface area contributed by atoms with Crippen molar-refractivity contribution in [1.82, 2.24) is 0 Å². The molecule has 0 spiro atoms. The van der Waals surface area contributed by atoms with Crippen LogP contribution in [0, 0.1) is 0 Å². The van der Waals surface area contributed by atoms with Gasteiger partial charge in [0.2, 0.25) is 0 Å². The van der Waals surface area contributed by atoms with Gasteiger partial charge < -0.3 is 28.8 Å².